The van der Waals surface area contributed by atoms with Crippen molar-refractivity contribution in [1.82, 2.24) is 0 Å². The minimum atomic E-state index is 0.448. The van der Waals surface area contributed by atoms with E-state index in [0.29, 0.717) is 31.5 Å². The number of anilines is 2. The highest BCUT2D eigenvalue weighted by Crippen LogP contribution is 2.33. The van der Waals surface area contributed by atoms with Gasteiger partial charge in [0.25, 0.3) is 0 Å². The SMILES string of the molecule is N=NN(c1cc(Cl)cc(Cl)c1)c1cc(Cl)cc(Cl)c1. The maximum Gasteiger partial charge on any atom is 0.0699 e. The summed E-state index contributed by atoms with van der Waals surface area (Å²) in [5.74, 6) is 0. The fourth-order valence-corrected chi connectivity index (χ4v) is 2.62. The van der Waals surface area contributed by atoms with Crippen molar-refractivity contribution in [3.8, 4) is 0 Å². The molecule has 0 saturated heterocycles. The van der Waals surface area contributed by atoms with Crippen molar-refractivity contribution in [2.75, 3.05) is 5.01 Å². The third-order valence-electron chi connectivity index (χ3n) is 2.28. The Morgan fingerprint density at radius 2 is 1.00 bits per heavy atom. The van der Waals surface area contributed by atoms with Crippen LogP contribution in [0.15, 0.2) is 41.6 Å². The van der Waals surface area contributed by atoms with Crippen molar-refractivity contribution in [3.05, 3.63) is 56.5 Å². The summed E-state index contributed by atoms with van der Waals surface area (Å²) in [6, 6.07) is 9.75. The van der Waals surface area contributed by atoms with E-state index in [0.717, 1.165) is 0 Å². The van der Waals surface area contributed by atoms with Crippen molar-refractivity contribution < 1.29 is 0 Å². The Kier molecular flexibility index (Phi) is 4.53. The minimum Gasteiger partial charge on any atom is -0.215 e. The number of halogens is 4. The van der Waals surface area contributed by atoms with Gasteiger partial charge in [-0.2, -0.15) is 5.53 Å². The molecule has 0 saturated carbocycles. The molecule has 0 aliphatic carbocycles. The Bertz CT molecular complexity index is 538. The Morgan fingerprint density at radius 3 is 1.26 bits per heavy atom. The monoisotopic (exact) mass is 333 g/mol. The van der Waals surface area contributed by atoms with E-state index in [2.05, 4.69) is 5.22 Å². The lowest BCUT2D eigenvalue weighted by molar-refractivity contribution is 0.922. The molecular weight excluding hydrogens is 328 g/mol. The average molecular weight is 335 g/mol. The van der Waals surface area contributed by atoms with E-state index < -0.39 is 0 Å². The maximum absolute atomic E-state index is 7.30. The number of benzene rings is 2. The molecule has 0 aliphatic heterocycles. The van der Waals surface area contributed by atoms with Gasteiger partial charge < -0.3 is 0 Å². The molecule has 0 atom stereocenters. The Morgan fingerprint density at radius 1 is 0.684 bits per heavy atom. The molecule has 2 aromatic rings. The summed E-state index contributed by atoms with van der Waals surface area (Å²) in [5.41, 5.74) is 8.39. The third-order valence-corrected chi connectivity index (χ3v) is 3.16. The number of hydrogen-bond donors (Lipinski definition) is 1. The van der Waals surface area contributed by atoms with Gasteiger partial charge in [-0.15, -0.1) is 0 Å². The first kappa shape index (κ1) is 14.4. The van der Waals surface area contributed by atoms with E-state index in [4.69, 9.17) is 51.9 Å². The van der Waals surface area contributed by atoms with Crippen molar-refractivity contribution >= 4 is 57.8 Å². The van der Waals surface area contributed by atoms with E-state index in [1.165, 1.54) is 5.01 Å². The fraction of sp³-hybridized carbons (Fsp3) is 0. The van der Waals surface area contributed by atoms with Gasteiger partial charge in [0.1, 0.15) is 0 Å². The van der Waals surface area contributed by atoms with Crippen molar-refractivity contribution in [2.45, 2.75) is 0 Å². The molecule has 1 N–H and O–H groups in total. The van der Waals surface area contributed by atoms with Crippen molar-refractivity contribution in [2.24, 2.45) is 5.22 Å². The normalized spacial score (nSPS) is 10.3. The maximum atomic E-state index is 7.30. The van der Waals surface area contributed by atoms with Crippen LogP contribution in [0.4, 0.5) is 11.4 Å². The van der Waals surface area contributed by atoms with Gasteiger partial charge in [-0.3, -0.25) is 0 Å². The largest absolute Gasteiger partial charge is 0.215 e. The zero-order chi connectivity index (χ0) is 14.0. The Labute approximate surface area is 130 Å². The fourth-order valence-electron chi connectivity index (χ4n) is 1.59. The molecule has 0 aliphatic rings. The van der Waals surface area contributed by atoms with E-state index in [9.17, 15) is 0 Å². The van der Waals surface area contributed by atoms with Crippen molar-refractivity contribution in [1.29, 1.82) is 5.53 Å². The van der Waals surface area contributed by atoms with Crippen LogP contribution >= 0.6 is 46.4 Å². The average Bonchev–Trinajstić information content (AvgIpc) is 2.27. The first-order valence-corrected chi connectivity index (χ1v) is 6.60. The molecule has 98 valence electrons. The highest BCUT2D eigenvalue weighted by atomic mass is 35.5. The number of nitrogens with one attached hydrogen (secondary N) is 1. The van der Waals surface area contributed by atoms with Gasteiger partial charge in [0.05, 0.1) is 11.4 Å². The zero-order valence-corrected chi connectivity index (χ0v) is 12.4. The molecule has 0 unspecified atom stereocenters. The predicted octanol–water partition coefficient (Wildman–Crippen LogP) is 6.38. The van der Waals surface area contributed by atoms with Crippen LogP contribution in [0.25, 0.3) is 0 Å². The zero-order valence-electron chi connectivity index (χ0n) is 9.37. The van der Waals surface area contributed by atoms with Gasteiger partial charge in [-0.1, -0.05) is 51.6 Å². The first-order valence-electron chi connectivity index (χ1n) is 5.09. The van der Waals surface area contributed by atoms with Gasteiger partial charge in [0.2, 0.25) is 0 Å². The summed E-state index contributed by atoms with van der Waals surface area (Å²) in [4.78, 5) is 0. The molecule has 19 heavy (non-hydrogen) atoms. The van der Waals surface area contributed by atoms with E-state index in [1.807, 2.05) is 0 Å². The summed E-state index contributed by atoms with van der Waals surface area (Å²) in [5, 5.41) is 6.56. The lowest BCUT2D eigenvalue weighted by Crippen LogP contribution is -2.07. The molecule has 0 radical (unpaired) electrons. The molecule has 0 fully saturated rings. The second-order valence-electron chi connectivity index (χ2n) is 3.67. The van der Waals surface area contributed by atoms with Gasteiger partial charge in [-0.05, 0) is 36.4 Å². The second-order valence-corrected chi connectivity index (χ2v) is 5.41. The topological polar surface area (TPSA) is 39.5 Å². The van der Waals surface area contributed by atoms with E-state index in [-0.39, 0.29) is 0 Å². The van der Waals surface area contributed by atoms with Crippen LogP contribution in [0, 0.1) is 5.53 Å². The molecule has 0 aromatic heterocycles. The summed E-state index contributed by atoms with van der Waals surface area (Å²) < 4.78 is 0. The van der Waals surface area contributed by atoms with Crippen LogP contribution in [-0.2, 0) is 0 Å². The quantitative estimate of drug-likeness (QED) is 0.513. The lowest BCUT2D eigenvalue weighted by atomic mass is 10.2. The highest BCUT2D eigenvalue weighted by Gasteiger charge is 2.12. The number of rotatable bonds is 3. The van der Waals surface area contributed by atoms with Crippen molar-refractivity contribution in [3.63, 3.8) is 0 Å². The molecule has 0 spiro atoms. The second kappa shape index (κ2) is 5.97. The predicted molar refractivity (Wildman–Crippen MR) is 80.2 cm³/mol. The Balaban J connectivity index is 2.52. The molecule has 2 rings (SSSR count). The number of hydrogen-bond acceptors (Lipinski definition) is 2. The van der Waals surface area contributed by atoms with Crippen LogP contribution in [-0.4, -0.2) is 0 Å². The van der Waals surface area contributed by atoms with Gasteiger partial charge >= 0.3 is 0 Å². The smallest absolute Gasteiger partial charge is 0.0699 e. The van der Waals surface area contributed by atoms with Gasteiger partial charge in [-0.25, -0.2) is 5.01 Å². The van der Waals surface area contributed by atoms with E-state index in [1.54, 1.807) is 36.4 Å². The van der Waals surface area contributed by atoms with Crippen LogP contribution in [0.5, 0.6) is 0 Å². The summed E-state index contributed by atoms with van der Waals surface area (Å²) >= 11 is 23.7. The van der Waals surface area contributed by atoms with E-state index >= 15 is 0 Å². The van der Waals surface area contributed by atoms with Gasteiger partial charge in [0, 0.05) is 20.1 Å². The summed E-state index contributed by atoms with van der Waals surface area (Å²) in [6.07, 6.45) is 0. The Hall–Kier alpha value is -1.000. The molecule has 0 amide bonds. The first-order chi connectivity index (χ1) is 8.99. The number of nitrogens with zero attached hydrogens (tertiary/aromatic N) is 2. The minimum absolute atomic E-state index is 0.448. The van der Waals surface area contributed by atoms with Crippen LogP contribution in [0.1, 0.15) is 0 Å². The summed E-state index contributed by atoms with van der Waals surface area (Å²) in [7, 11) is 0. The van der Waals surface area contributed by atoms with Crippen LogP contribution in [0.3, 0.4) is 0 Å². The third kappa shape index (κ3) is 3.51. The molecule has 0 bridgehead atoms. The summed E-state index contributed by atoms with van der Waals surface area (Å²) in [6.45, 7) is 0. The molecule has 2 aromatic carbocycles. The molecular formula is C12H7Cl4N3. The molecule has 0 heterocycles. The molecule has 7 heteroatoms. The molecule has 3 nitrogen and oxygen atoms in total. The highest BCUT2D eigenvalue weighted by molar-refractivity contribution is 6.35. The van der Waals surface area contributed by atoms with Gasteiger partial charge in [0.15, 0.2) is 0 Å². The lowest BCUT2D eigenvalue weighted by Gasteiger charge is -2.18. The standard InChI is InChI=1S/C12H7Cl4N3/c13-7-1-8(14)4-11(3-7)19(18-17)12-5-9(15)2-10(16)6-12/h1-6,17H. The van der Waals surface area contributed by atoms with Crippen LogP contribution < -0.4 is 5.01 Å². The van der Waals surface area contributed by atoms with Crippen LogP contribution in [0.2, 0.25) is 20.1 Å².